The molecule has 19 heavy (non-hydrogen) atoms. The number of hydrogen-bond acceptors (Lipinski definition) is 2. The van der Waals surface area contributed by atoms with Crippen LogP contribution >= 0.6 is 0 Å². The van der Waals surface area contributed by atoms with Crippen molar-refractivity contribution in [2.45, 2.75) is 84.2 Å². The highest BCUT2D eigenvalue weighted by molar-refractivity contribution is 5.11. The van der Waals surface area contributed by atoms with Crippen molar-refractivity contribution in [1.82, 2.24) is 4.90 Å². The maximum absolute atomic E-state index is 6.27. The van der Waals surface area contributed by atoms with Crippen LogP contribution in [0.5, 0.6) is 0 Å². The van der Waals surface area contributed by atoms with E-state index in [0.717, 1.165) is 18.5 Å². The molecule has 1 unspecified atom stereocenters. The van der Waals surface area contributed by atoms with Crippen LogP contribution in [0.2, 0.25) is 0 Å². The van der Waals surface area contributed by atoms with Crippen molar-refractivity contribution < 1.29 is 0 Å². The summed E-state index contributed by atoms with van der Waals surface area (Å²) in [6.07, 6.45) is 9.66. The van der Waals surface area contributed by atoms with Crippen molar-refractivity contribution in [1.29, 1.82) is 0 Å². The maximum atomic E-state index is 6.27. The molecule has 2 aliphatic rings. The summed E-state index contributed by atoms with van der Waals surface area (Å²) in [5.74, 6) is 0.790. The Balaban J connectivity index is 2.14. The van der Waals surface area contributed by atoms with E-state index in [1.807, 2.05) is 0 Å². The molecule has 0 heterocycles. The molecule has 0 amide bonds. The van der Waals surface area contributed by atoms with E-state index in [0.29, 0.717) is 5.41 Å². The molecule has 0 bridgehead atoms. The van der Waals surface area contributed by atoms with Gasteiger partial charge in [0, 0.05) is 18.1 Å². The standard InChI is InChI=1S/C17H34N2/c1-14(2)9-12-19(15-7-5-6-8-15)17(4,13-18)16(3)10-11-16/h14-15H,5-13,18H2,1-4H3. The molecule has 0 aromatic rings. The molecule has 0 radical (unpaired) electrons. The number of rotatable bonds is 7. The van der Waals surface area contributed by atoms with Crippen molar-refractivity contribution in [2.75, 3.05) is 13.1 Å². The first-order chi connectivity index (χ1) is 8.93. The van der Waals surface area contributed by atoms with E-state index in [1.165, 1.54) is 51.5 Å². The topological polar surface area (TPSA) is 29.3 Å². The second-order valence-corrected chi connectivity index (χ2v) is 7.85. The third kappa shape index (κ3) is 3.00. The van der Waals surface area contributed by atoms with E-state index in [1.54, 1.807) is 0 Å². The monoisotopic (exact) mass is 266 g/mol. The third-order valence-electron chi connectivity index (χ3n) is 6.04. The summed E-state index contributed by atoms with van der Waals surface area (Å²) in [7, 11) is 0. The van der Waals surface area contributed by atoms with Gasteiger partial charge in [0.2, 0.25) is 0 Å². The van der Waals surface area contributed by atoms with Crippen molar-refractivity contribution in [3.63, 3.8) is 0 Å². The molecule has 0 saturated heterocycles. The van der Waals surface area contributed by atoms with Crippen LogP contribution in [-0.2, 0) is 0 Å². The number of nitrogens with zero attached hydrogens (tertiary/aromatic N) is 1. The van der Waals surface area contributed by atoms with Crippen molar-refractivity contribution in [3.05, 3.63) is 0 Å². The largest absolute Gasteiger partial charge is 0.329 e. The van der Waals surface area contributed by atoms with Gasteiger partial charge in [-0.05, 0) is 56.9 Å². The Morgan fingerprint density at radius 3 is 2.26 bits per heavy atom. The predicted octanol–water partition coefficient (Wildman–Crippen LogP) is 3.79. The lowest BCUT2D eigenvalue weighted by atomic mass is 9.80. The molecule has 112 valence electrons. The van der Waals surface area contributed by atoms with E-state index >= 15 is 0 Å². The molecule has 1 atom stereocenters. The smallest absolute Gasteiger partial charge is 0.0359 e. The number of nitrogens with two attached hydrogens (primary N) is 1. The van der Waals surface area contributed by atoms with Crippen LogP contribution < -0.4 is 5.73 Å². The molecule has 2 aliphatic carbocycles. The Kier molecular flexibility index (Phi) is 4.62. The molecule has 2 fully saturated rings. The molecule has 2 rings (SSSR count). The SMILES string of the molecule is CC(C)CCN(C1CCCC1)C(C)(CN)C1(C)CC1. The van der Waals surface area contributed by atoms with Crippen molar-refractivity contribution >= 4 is 0 Å². The second kappa shape index (κ2) is 5.73. The summed E-state index contributed by atoms with van der Waals surface area (Å²) in [6.45, 7) is 11.6. The highest BCUT2D eigenvalue weighted by Gasteiger charge is 2.56. The first-order valence-corrected chi connectivity index (χ1v) is 8.40. The molecule has 0 spiro atoms. The third-order valence-corrected chi connectivity index (χ3v) is 6.04. The van der Waals surface area contributed by atoms with E-state index < -0.39 is 0 Å². The molecular weight excluding hydrogens is 232 g/mol. The summed E-state index contributed by atoms with van der Waals surface area (Å²) >= 11 is 0. The molecule has 0 aliphatic heterocycles. The highest BCUT2D eigenvalue weighted by Crippen LogP contribution is 2.56. The Bertz CT molecular complexity index is 290. The summed E-state index contributed by atoms with van der Waals surface area (Å²) in [4.78, 5) is 2.83. The normalized spacial score (nSPS) is 26.1. The Labute approximate surface area is 120 Å². The van der Waals surface area contributed by atoms with Crippen LogP contribution in [0, 0.1) is 11.3 Å². The quantitative estimate of drug-likeness (QED) is 0.759. The predicted molar refractivity (Wildman–Crippen MR) is 83.2 cm³/mol. The second-order valence-electron chi connectivity index (χ2n) is 7.85. The van der Waals surface area contributed by atoms with Crippen LogP contribution in [0.15, 0.2) is 0 Å². The fraction of sp³-hybridized carbons (Fsp3) is 1.00. The average Bonchev–Trinajstić information content (AvgIpc) is 2.92. The fourth-order valence-corrected chi connectivity index (χ4v) is 3.88. The van der Waals surface area contributed by atoms with E-state index in [9.17, 15) is 0 Å². The average molecular weight is 266 g/mol. The minimum Gasteiger partial charge on any atom is -0.329 e. The molecule has 0 aromatic carbocycles. The van der Waals surface area contributed by atoms with Crippen LogP contribution in [0.1, 0.15) is 72.6 Å². The minimum atomic E-state index is 0.219. The van der Waals surface area contributed by atoms with Gasteiger partial charge in [0.05, 0.1) is 0 Å². The molecule has 2 nitrogen and oxygen atoms in total. The summed E-state index contributed by atoms with van der Waals surface area (Å²) in [6, 6.07) is 0.796. The van der Waals surface area contributed by atoms with E-state index in [-0.39, 0.29) is 5.54 Å². The molecular formula is C17H34N2. The number of hydrogen-bond donors (Lipinski definition) is 1. The van der Waals surface area contributed by atoms with Gasteiger partial charge in [-0.25, -0.2) is 0 Å². The Morgan fingerprint density at radius 1 is 1.26 bits per heavy atom. The maximum Gasteiger partial charge on any atom is 0.0359 e. The zero-order chi connectivity index (χ0) is 14.1. The summed E-state index contributed by atoms with van der Waals surface area (Å²) in [5.41, 5.74) is 6.96. The lowest BCUT2D eigenvalue weighted by Gasteiger charge is -2.49. The highest BCUT2D eigenvalue weighted by atomic mass is 15.3. The van der Waals surface area contributed by atoms with E-state index in [4.69, 9.17) is 5.73 Å². The van der Waals surface area contributed by atoms with Gasteiger partial charge in [0.1, 0.15) is 0 Å². The lowest BCUT2D eigenvalue weighted by Crippen LogP contribution is -2.60. The Morgan fingerprint density at radius 2 is 1.84 bits per heavy atom. The van der Waals surface area contributed by atoms with Gasteiger partial charge in [0.25, 0.3) is 0 Å². The van der Waals surface area contributed by atoms with Crippen LogP contribution in [0.3, 0.4) is 0 Å². The van der Waals surface area contributed by atoms with Gasteiger partial charge in [-0.15, -0.1) is 0 Å². The lowest BCUT2D eigenvalue weighted by molar-refractivity contribution is 0.00774. The summed E-state index contributed by atoms with van der Waals surface area (Å²) < 4.78 is 0. The molecule has 2 N–H and O–H groups in total. The first kappa shape index (κ1) is 15.3. The van der Waals surface area contributed by atoms with E-state index in [2.05, 4.69) is 32.6 Å². The van der Waals surface area contributed by atoms with Gasteiger partial charge in [0.15, 0.2) is 0 Å². The van der Waals surface area contributed by atoms with Crippen LogP contribution in [-0.4, -0.2) is 29.6 Å². The van der Waals surface area contributed by atoms with Gasteiger partial charge in [-0.2, -0.15) is 0 Å². The van der Waals surface area contributed by atoms with Gasteiger partial charge in [-0.1, -0.05) is 33.6 Å². The van der Waals surface area contributed by atoms with Gasteiger partial charge >= 0.3 is 0 Å². The zero-order valence-electron chi connectivity index (χ0n) is 13.5. The molecule has 0 aromatic heterocycles. The molecule has 2 heteroatoms. The van der Waals surface area contributed by atoms with Crippen LogP contribution in [0.4, 0.5) is 0 Å². The van der Waals surface area contributed by atoms with Crippen molar-refractivity contribution in [2.24, 2.45) is 17.1 Å². The van der Waals surface area contributed by atoms with Crippen molar-refractivity contribution in [3.8, 4) is 0 Å². The summed E-state index contributed by atoms with van der Waals surface area (Å²) in [5, 5.41) is 0. The first-order valence-electron chi connectivity index (χ1n) is 8.40. The Hall–Kier alpha value is -0.0800. The van der Waals surface area contributed by atoms with Gasteiger partial charge in [-0.3, -0.25) is 4.90 Å². The van der Waals surface area contributed by atoms with Crippen LogP contribution in [0.25, 0.3) is 0 Å². The molecule has 2 saturated carbocycles. The minimum absolute atomic E-state index is 0.219. The van der Waals surface area contributed by atoms with Gasteiger partial charge < -0.3 is 5.73 Å². The fourth-order valence-electron chi connectivity index (χ4n) is 3.88. The zero-order valence-corrected chi connectivity index (χ0v) is 13.5.